The van der Waals surface area contributed by atoms with Crippen molar-refractivity contribution in [3.63, 3.8) is 0 Å². The van der Waals surface area contributed by atoms with Gasteiger partial charge in [0.2, 0.25) is 5.91 Å². The van der Waals surface area contributed by atoms with Crippen LogP contribution in [-0.2, 0) is 18.4 Å². The van der Waals surface area contributed by atoms with Crippen LogP contribution in [0.25, 0.3) is 0 Å². The Morgan fingerprint density at radius 2 is 2.05 bits per heavy atom. The minimum absolute atomic E-state index is 0.166. The fraction of sp³-hybridized carbons (Fsp3) is 0.692. The van der Waals surface area contributed by atoms with E-state index < -0.39 is 0 Å². The molecule has 0 aromatic carbocycles. The lowest BCUT2D eigenvalue weighted by atomic mass is 10.2. The quantitative estimate of drug-likeness (QED) is 0.840. The summed E-state index contributed by atoms with van der Waals surface area (Å²) in [5.74, 6) is 1.24. The number of amides is 1. The second kappa shape index (κ2) is 5.61. The molecule has 0 unspecified atom stereocenters. The molecule has 106 valence electrons. The molecule has 1 aromatic heterocycles. The van der Waals surface area contributed by atoms with Gasteiger partial charge in [-0.3, -0.25) is 9.48 Å². The highest BCUT2D eigenvalue weighted by molar-refractivity contribution is 5.82. The van der Waals surface area contributed by atoms with Gasteiger partial charge >= 0.3 is 0 Å². The molecule has 2 rings (SSSR count). The lowest BCUT2D eigenvalue weighted by Crippen LogP contribution is -2.49. The third-order valence-corrected chi connectivity index (χ3v) is 3.62. The van der Waals surface area contributed by atoms with Crippen LogP contribution in [-0.4, -0.2) is 53.8 Å². The first-order valence-corrected chi connectivity index (χ1v) is 6.76. The van der Waals surface area contributed by atoms with E-state index in [4.69, 9.17) is 0 Å². The Morgan fingerprint density at radius 3 is 2.68 bits per heavy atom. The Balaban J connectivity index is 2.25. The second-order valence-electron chi connectivity index (χ2n) is 5.03. The number of hydrogen-bond donors (Lipinski definition) is 1. The Labute approximate surface area is 114 Å². The fourth-order valence-electron chi connectivity index (χ4n) is 2.48. The molecule has 1 N–H and O–H groups in total. The summed E-state index contributed by atoms with van der Waals surface area (Å²) < 4.78 is 1.89. The van der Waals surface area contributed by atoms with E-state index in [0.29, 0.717) is 6.54 Å². The summed E-state index contributed by atoms with van der Waals surface area (Å²) in [6.07, 6.45) is 0. The van der Waals surface area contributed by atoms with Crippen LogP contribution in [0.15, 0.2) is 0 Å². The number of likely N-dealkylation sites (N-methyl/N-ethyl adjacent to an activating group) is 1. The number of rotatable bonds is 4. The van der Waals surface area contributed by atoms with Crippen molar-refractivity contribution in [1.29, 1.82) is 0 Å². The highest BCUT2D eigenvalue weighted by Crippen LogP contribution is 2.24. The molecule has 6 heteroatoms. The smallest absolute Gasteiger partial charge is 0.241 e. The average molecular weight is 265 g/mol. The van der Waals surface area contributed by atoms with Crippen LogP contribution < -0.4 is 10.2 Å². The maximum absolute atomic E-state index is 11.9. The molecule has 0 bridgehead atoms. The summed E-state index contributed by atoms with van der Waals surface area (Å²) in [6, 6.07) is 0. The van der Waals surface area contributed by atoms with Crippen molar-refractivity contribution in [3.05, 3.63) is 11.3 Å². The van der Waals surface area contributed by atoms with E-state index in [0.717, 1.165) is 37.7 Å². The van der Waals surface area contributed by atoms with Crippen LogP contribution in [0.4, 0.5) is 5.82 Å². The SMILES string of the molecule is CCNCc1c(C)nn(C)c1N1CCN(C)C(=O)C1. The van der Waals surface area contributed by atoms with Crippen LogP contribution in [0, 0.1) is 6.92 Å². The highest BCUT2D eigenvalue weighted by atomic mass is 16.2. The molecule has 1 amide bonds. The maximum atomic E-state index is 11.9. The molecule has 1 fully saturated rings. The highest BCUT2D eigenvalue weighted by Gasteiger charge is 2.26. The van der Waals surface area contributed by atoms with Crippen LogP contribution in [0.1, 0.15) is 18.2 Å². The first kappa shape index (κ1) is 13.9. The molecule has 1 aromatic rings. The zero-order valence-electron chi connectivity index (χ0n) is 12.2. The number of nitrogens with zero attached hydrogens (tertiary/aromatic N) is 4. The van der Waals surface area contributed by atoms with Gasteiger partial charge in [-0.15, -0.1) is 0 Å². The molecule has 0 radical (unpaired) electrons. The summed E-state index contributed by atoms with van der Waals surface area (Å²) in [7, 11) is 3.80. The monoisotopic (exact) mass is 265 g/mol. The number of anilines is 1. The molecule has 0 aliphatic carbocycles. The van der Waals surface area contributed by atoms with Crippen molar-refractivity contribution >= 4 is 11.7 Å². The van der Waals surface area contributed by atoms with Gasteiger partial charge in [0.1, 0.15) is 5.82 Å². The van der Waals surface area contributed by atoms with Crippen molar-refractivity contribution in [2.24, 2.45) is 7.05 Å². The number of nitrogens with one attached hydrogen (secondary N) is 1. The third kappa shape index (κ3) is 2.73. The number of aromatic nitrogens is 2. The van der Waals surface area contributed by atoms with Crippen LogP contribution in [0.5, 0.6) is 0 Å². The summed E-state index contributed by atoms with van der Waals surface area (Å²) in [6.45, 7) is 7.90. The molecule has 1 aliphatic rings. The van der Waals surface area contributed by atoms with Crippen molar-refractivity contribution in [1.82, 2.24) is 20.0 Å². The number of piperazine rings is 1. The minimum atomic E-state index is 0.166. The van der Waals surface area contributed by atoms with Crippen LogP contribution in [0.3, 0.4) is 0 Å². The van der Waals surface area contributed by atoms with E-state index in [1.54, 1.807) is 4.90 Å². The summed E-state index contributed by atoms with van der Waals surface area (Å²) in [5, 5.41) is 7.84. The Morgan fingerprint density at radius 1 is 1.32 bits per heavy atom. The van der Waals surface area contributed by atoms with Crippen molar-refractivity contribution in [2.45, 2.75) is 20.4 Å². The summed E-state index contributed by atoms with van der Waals surface area (Å²) in [4.78, 5) is 15.8. The van der Waals surface area contributed by atoms with Gasteiger partial charge in [-0.1, -0.05) is 6.92 Å². The van der Waals surface area contributed by atoms with E-state index in [1.807, 2.05) is 25.7 Å². The lowest BCUT2D eigenvalue weighted by molar-refractivity contribution is -0.129. The molecule has 0 spiro atoms. The number of carbonyl (C=O) groups excluding carboxylic acids is 1. The van der Waals surface area contributed by atoms with Gasteiger partial charge in [-0.05, 0) is 13.5 Å². The Hall–Kier alpha value is -1.56. The van der Waals surface area contributed by atoms with Crippen LogP contribution >= 0.6 is 0 Å². The van der Waals surface area contributed by atoms with Crippen molar-refractivity contribution in [3.8, 4) is 0 Å². The second-order valence-corrected chi connectivity index (χ2v) is 5.03. The molecule has 1 saturated heterocycles. The summed E-state index contributed by atoms with van der Waals surface area (Å²) >= 11 is 0. The first-order valence-electron chi connectivity index (χ1n) is 6.76. The van der Waals surface area contributed by atoms with E-state index in [1.165, 1.54) is 5.56 Å². The van der Waals surface area contributed by atoms with Gasteiger partial charge in [0.15, 0.2) is 0 Å². The number of carbonyl (C=O) groups is 1. The Bertz CT molecular complexity index is 468. The lowest BCUT2D eigenvalue weighted by Gasteiger charge is -2.33. The van der Waals surface area contributed by atoms with E-state index in [9.17, 15) is 4.79 Å². The molecule has 19 heavy (non-hydrogen) atoms. The van der Waals surface area contributed by atoms with E-state index >= 15 is 0 Å². The predicted octanol–water partition coefficient (Wildman–Crippen LogP) is 0.116. The molecule has 2 heterocycles. The van der Waals surface area contributed by atoms with E-state index in [2.05, 4.69) is 22.2 Å². The first-order chi connectivity index (χ1) is 9.04. The van der Waals surface area contributed by atoms with Gasteiger partial charge in [0, 0.05) is 39.3 Å². The normalized spacial score (nSPS) is 16.3. The molecular weight excluding hydrogens is 242 g/mol. The van der Waals surface area contributed by atoms with Gasteiger partial charge < -0.3 is 15.1 Å². The van der Waals surface area contributed by atoms with Crippen LogP contribution in [0.2, 0.25) is 0 Å². The maximum Gasteiger partial charge on any atom is 0.241 e. The molecule has 0 saturated carbocycles. The molecule has 0 atom stereocenters. The molecular formula is C13H23N5O. The number of aryl methyl sites for hydroxylation is 2. The zero-order chi connectivity index (χ0) is 14.0. The molecule has 6 nitrogen and oxygen atoms in total. The standard InChI is InChI=1S/C13H23N5O/c1-5-14-8-11-10(2)15-17(4)13(11)18-7-6-16(3)12(19)9-18/h14H,5-9H2,1-4H3. The largest absolute Gasteiger partial charge is 0.345 e. The van der Waals surface area contributed by atoms with Gasteiger partial charge in [-0.2, -0.15) is 5.10 Å². The van der Waals surface area contributed by atoms with Crippen molar-refractivity contribution in [2.75, 3.05) is 38.1 Å². The Kier molecular flexibility index (Phi) is 4.09. The predicted molar refractivity (Wildman–Crippen MR) is 75.2 cm³/mol. The topological polar surface area (TPSA) is 53.4 Å². The zero-order valence-corrected chi connectivity index (χ0v) is 12.2. The van der Waals surface area contributed by atoms with Crippen molar-refractivity contribution < 1.29 is 4.79 Å². The fourth-order valence-corrected chi connectivity index (χ4v) is 2.48. The summed E-state index contributed by atoms with van der Waals surface area (Å²) in [5.41, 5.74) is 2.23. The van der Waals surface area contributed by atoms with Gasteiger partial charge in [-0.25, -0.2) is 0 Å². The third-order valence-electron chi connectivity index (χ3n) is 3.62. The average Bonchev–Trinajstić information content (AvgIpc) is 2.65. The number of hydrogen-bond acceptors (Lipinski definition) is 4. The minimum Gasteiger partial charge on any atom is -0.345 e. The molecule has 1 aliphatic heterocycles. The van der Waals surface area contributed by atoms with Gasteiger partial charge in [0.25, 0.3) is 0 Å². The van der Waals surface area contributed by atoms with E-state index in [-0.39, 0.29) is 5.91 Å². The van der Waals surface area contributed by atoms with Gasteiger partial charge in [0.05, 0.1) is 12.2 Å².